The highest BCUT2D eigenvalue weighted by atomic mass is 16.5. The molecule has 88 valence electrons. The molecule has 0 spiro atoms. The molecular weight excluding hydrogens is 200 g/mol. The first-order chi connectivity index (χ1) is 6.90. The second-order valence-corrected chi connectivity index (χ2v) is 3.43. The maximum absolute atomic E-state index is 11.0. The first-order valence-corrected chi connectivity index (χ1v) is 4.66. The standard InChI is InChI=1S/C9H18N2O4/c1-7(12)11-5-4-10-6-9(2,14)8(13)15-3/h10,14H,4-6H2,1-3H3,(H,11,12). The Morgan fingerprint density at radius 1 is 1.40 bits per heavy atom. The molecule has 0 heterocycles. The predicted molar refractivity (Wildman–Crippen MR) is 54.2 cm³/mol. The van der Waals surface area contributed by atoms with E-state index in [0.29, 0.717) is 13.1 Å². The fourth-order valence-corrected chi connectivity index (χ4v) is 0.951. The second-order valence-electron chi connectivity index (χ2n) is 3.43. The monoisotopic (exact) mass is 218 g/mol. The van der Waals surface area contributed by atoms with E-state index in [1.54, 1.807) is 0 Å². The van der Waals surface area contributed by atoms with Crippen molar-refractivity contribution < 1.29 is 19.4 Å². The van der Waals surface area contributed by atoms with Crippen LogP contribution < -0.4 is 10.6 Å². The van der Waals surface area contributed by atoms with Gasteiger partial charge in [0.15, 0.2) is 5.60 Å². The Balaban J connectivity index is 3.66. The van der Waals surface area contributed by atoms with Crippen molar-refractivity contribution in [2.75, 3.05) is 26.7 Å². The largest absolute Gasteiger partial charge is 0.467 e. The molecule has 0 aromatic carbocycles. The average molecular weight is 218 g/mol. The van der Waals surface area contributed by atoms with Crippen molar-refractivity contribution in [3.05, 3.63) is 0 Å². The summed E-state index contributed by atoms with van der Waals surface area (Å²) >= 11 is 0. The molecule has 3 N–H and O–H groups in total. The molecule has 15 heavy (non-hydrogen) atoms. The van der Waals surface area contributed by atoms with Crippen LogP contribution >= 0.6 is 0 Å². The van der Waals surface area contributed by atoms with Crippen LogP contribution in [0, 0.1) is 0 Å². The van der Waals surface area contributed by atoms with Gasteiger partial charge in [-0.1, -0.05) is 0 Å². The van der Waals surface area contributed by atoms with E-state index in [-0.39, 0.29) is 12.5 Å². The maximum Gasteiger partial charge on any atom is 0.338 e. The van der Waals surface area contributed by atoms with E-state index in [1.807, 2.05) is 0 Å². The van der Waals surface area contributed by atoms with E-state index >= 15 is 0 Å². The van der Waals surface area contributed by atoms with Crippen LogP contribution in [0.2, 0.25) is 0 Å². The first-order valence-electron chi connectivity index (χ1n) is 4.66. The number of carbonyl (C=O) groups excluding carboxylic acids is 2. The van der Waals surface area contributed by atoms with Gasteiger partial charge in [0.1, 0.15) is 0 Å². The highest BCUT2D eigenvalue weighted by Crippen LogP contribution is 2.02. The van der Waals surface area contributed by atoms with E-state index in [0.717, 1.165) is 0 Å². The number of hydrogen-bond donors (Lipinski definition) is 3. The Morgan fingerprint density at radius 3 is 2.47 bits per heavy atom. The molecule has 1 atom stereocenters. The molecule has 0 aromatic rings. The van der Waals surface area contributed by atoms with Gasteiger partial charge < -0.3 is 20.5 Å². The zero-order valence-electron chi connectivity index (χ0n) is 9.29. The van der Waals surface area contributed by atoms with Gasteiger partial charge in [0.05, 0.1) is 7.11 Å². The lowest BCUT2D eigenvalue weighted by atomic mass is 10.1. The summed E-state index contributed by atoms with van der Waals surface area (Å²) in [7, 11) is 1.22. The van der Waals surface area contributed by atoms with Crippen molar-refractivity contribution >= 4 is 11.9 Å². The predicted octanol–water partition coefficient (Wildman–Crippen LogP) is -1.36. The SMILES string of the molecule is COC(=O)C(C)(O)CNCCNC(C)=O. The van der Waals surface area contributed by atoms with Gasteiger partial charge in [-0.2, -0.15) is 0 Å². The van der Waals surface area contributed by atoms with Crippen molar-refractivity contribution in [2.45, 2.75) is 19.4 Å². The number of nitrogens with one attached hydrogen (secondary N) is 2. The van der Waals surface area contributed by atoms with Gasteiger partial charge in [-0.15, -0.1) is 0 Å². The fraction of sp³-hybridized carbons (Fsp3) is 0.778. The Labute approximate surface area is 89.0 Å². The normalized spacial score (nSPS) is 14.1. The number of esters is 1. The number of hydrogen-bond acceptors (Lipinski definition) is 5. The minimum Gasteiger partial charge on any atom is -0.467 e. The lowest BCUT2D eigenvalue weighted by molar-refractivity contribution is -0.159. The van der Waals surface area contributed by atoms with Crippen molar-refractivity contribution in [1.29, 1.82) is 0 Å². The molecule has 6 nitrogen and oxygen atoms in total. The average Bonchev–Trinajstić information content (AvgIpc) is 2.15. The zero-order chi connectivity index (χ0) is 11.9. The van der Waals surface area contributed by atoms with Crippen molar-refractivity contribution in [3.63, 3.8) is 0 Å². The van der Waals surface area contributed by atoms with Gasteiger partial charge in [0.25, 0.3) is 0 Å². The Kier molecular flexibility index (Phi) is 5.88. The third-order valence-electron chi connectivity index (χ3n) is 1.77. The summed E-state index contributed by atoms with van der Waals surface area (Å²) in [4.78, 5) is 21.5. The molecule has 0 aliphatic rings. The zero-order valence-corrected chi connectivity index (χ0v) is 9.29. The van der Waals surface area contributed by atoms with E-state index in [1.165, 1.54) is 21.0 Å². The second kappa shape index (κ2) is 6.36. The summed E-state index contributed by atoms with van der Waals surface area (Å²) < 4.78 is 4.41. The van der Waals surface area contributed by atoms with E-state index in [4.69, 9.17) is 0 Å². The molecular formula is C9H18N2O4. The minimum absolute atomic E-state index is 0.0826. The molecule has 0 saturated heterocycles. The van der Waals surface area contributed by atoms with Crippen LogP contribution in [0.4, 0.5) is 0 Å². The third-order valence-corrected chi connectivity index (χ3v) is 1.77. The lowest BCUT2D eigenvalue weighted by Gasteiger charge is -2.20. The summed E-state index contributed by atoms with van der Waals surface area (Å²) in [5.41, 5.74) is -1.54. The Morgan fingerprint density at radius 2 is 2.00 bits per heavy atom. The number of methoxy groups -OCH3 is 1. The molecule has 0 aliphatic carbocycles. The summed E-state index contributed by atoms with van der Waals surface area (Å²) in [5.74, 6) is -0.800. The molecule has 0 aromatic heterocycles. The molecule has 0 rings (SSSR count). The van der Waals surface area contributed by atoms with Crippen molar-refractivity contribution in [3.8, 4) is 0 Å². The number of carbonyl (C=O) groups is 2. The van der Waals surface area contributed by atoms with E-state index < -0.39 is 11.6 Å². The van der Waals surface area contributed by atoms with Gasteiger partial charge >= 0.3 is 5.97 Å². The van der Waals surface area contributed by atoms with Crippen LogP contribution in [0.15, 0.2) is 0 Å². The summed E-state index contributed by atoms with van der Waals surface area (Å²) in [6.45, 7) is 3.80. The summed E-state index contributed by atoms with van der Waals surface area (Å²) in [6.07, 6.45) is 0. The highest BCUT2D eigenvalue weighted by molar-refractivity contribution is 5.78. The number of aliphatic hydroxyl groups is 1. The van der Waals surface area contributed by atoms with Crippen LogP contribution in [0.1, 0.15) is 13.8 Å². The maximum atomic E-state index is 11.0. The molecule has 0 saturated carbocycles. The highest BCUT2D eigenvalue weighted by Gasteiger charge is 2.30. The van der Waals surface area contributed by atoms with E-state index in [9.17, 15) is 14.7 Å². The molecule has 0 bridgehead atoms. The molecule has 1 unspecified atom stereocenters. The number of ether oxygens (including phenoxy) is 1. The van der Waals surface area contributed by atoms with Crippen LogP contribution in [0.3, 0.4) is 0 Å². The van der Waals surface area contributed by atoms with Crippen LogP contribution in [0.25, 0.3) is 0 Å². The van der Waals surface area contributed by atoms with Gasteiger partial charge in [-0.05, 0) is 6.92 Å². The molecule has 1 amide bonds. The van der Waals surface area contributed by atoms with Gasteiger partial charge in [-0.25, -0.2) is 4.79 Å². The molecule has 6 heteroatoms. The van der Waals surface area contributed by atoms with Crippen molar-refractivity contribution in [1.82, 2.24) is 10.6 Å². The minimum atomic E-state index is -1.54. The number of rotatable bonds is 6. The van der Waals surface area contributed by atoms with Crippen LogP contribution in [0.5, 0.6) is 0 Å². The van der Waals surface area contributed by atoms with Crippen LogP contribution in [-0.2, 0) is 14.3 Å². The Bertz CT molecular complexity index is 228. The first kappa shape index (κ1) is 13.9. The number of amides is 1. The summed E-state index contributed by atoms with van der Waals surface area (Å²) in [5, 5.41) is 15.0. The fourth-order valence-electron chi connectivity index (χ4n) is 0.951. The van der Waals surface area contributed by atoms with Crippen LogP contribution in [-0.4, -0.2) is 49.3 Å². The quantitative estimate of drug-likeness (QED) is 0.378. The topological polar surface area (TPSA) is 87.7 Å². The summed E-state index contributed by atoms with van der Waals surface area (Å²) in [6, 6.07) is 0. The smallest absolute Gasteiger partial charge is 0.338 e. The van der Waals surface area contributed by atoms with Gasteiger partial charge in [-0.3, -0.25) is 4.79 Å². The van der Waals surface area contributed by atoms with E-state index in [2.05, 4.69) is 15.4 Å². The lowest BCUT2D eigenvalue weighted by Crippen LogP contribution is -2.47. The van der Waals surface area contributed by atoms with Gasteiger partial charge in [0.2, 0.25) is 5.91 Å². The molecule has 0 radical (unpaired) electrons. The molecule has 0 fully saturated rings. The third kappa shape index (κ3) is 6.03. The Hall–Kier alpha value is -1.14. The van der Waals surface area contributed by atoms with Gasteiger partial charge in [0, 0.05) is 26.6 Å². The van der Waals surface area contributed by atoms with Crippen molar-refractivity contribution in [2.24, 2.45) is 0 Å². The molecule has 0 aliphatic heterocycles.